The molecule has 88 valence electrons. The molecule has 4 heteroatoms. The Kier molecular flexibility index (Phi) is 5.47. The van der Waals surface area contributed by atoms with Gasteiger partial charge in [0.25, 0.3) is 0 Å². The standard InChI is InChI=1S/C11H22N2OS/c1-8(2)10(12)6-11(14)13-7-9-4-3-5-15-9/h8-10H,3-7,12H2,1-2H3,(H,13,14). The minimum atomic E-state index is -0.0127. The molecule has 0 saturated carbocycles. The van der Waals surface area contributed by atoms with Gasteiger partial charge in [0.15, 0.2) is 0 Å². The van der Waals surface area contributed by atoms with Crippen molar-refractivity contribution in [3.05, 3.63) is 0 Å². The molecule has 3 N–H and O–H groups in total. The number of nitrogens with one attached hydrogen (secondary N) is 1. The third kappa shape index (κ3) is 4.89. The molecule has 0 aromatic carbocycles. The van der Waals surface area contributed by atoms with E-state index in [1.54, 1.807) is 0 Å². The lowest BCUT2D eigenvalue weighted by Crippen LogP contribution is -2.37. The van der Waals surface area contributed by atoms with Crippen molar-refractivity contribution in [1.29, 1.82) is 0 Å². The molecule has 15 heavy (non-hydrogen) atoms. The first-order valence-electron chi connectivity index (χ1n) is 5.73. The van der Waals surface area contributed by atoms with Gasteiger partial charge >= 0.3 is 0 Å². The average molecular weight is 230 g/mol. The molecule has 1 rings (SSSR count). The molecule has 0 bridgehead atoms. The van der Waals surface area contributed by atoms with Crippen molar-refractivity contribution in [1.82, 2.24) is 5.32 Å². The number of thioether (sulfide) groups is 1. The molecular weight excluding hydrogens is 208 g/mol. The predicted molar refractivity (Wildman–Crippen MR) is 65.9 cm³/mol. The smallest absolute Gasteiger partial charge is 0.221 e. The predicted octanol–water partition coefficient (Wildman–Crippen LogP) is 1.37. The molecule has 1 amide bonds. The van der Waals surface area contributed by atoms with Crippen LogP contribution in [0.4, 0.5) is 0 Å². The van der Waals surface area contributed by atoms with Gasteiger partial charge in [-0.2, -0.15) is 11.8 Å². The van der Waals surface area contributed by atoms with Crippen molar-refractivity contribution < 1.29 is 4.79 Å². The minimum Gasteiger partial charge on any atom is -0.355 e. The fourth-order valence-corrected chi connectivity index (χ4v) is 2.76. The maximum atomic E-state index is 11.5. The van der Waals surface area contributed by atoms with Gasteiger partial charge in [0.05, 0.1) is 0 Å². The van der Waals surface area contributed by atoms with E-state index in [0.717, 1.165) is 6.54 Å². The second-order valence-corrected chi connectivity index (χ2v) is 5.96. The van der Waals surface area contributed by atoms with Crippen molar-refractivity contribution in [2.24, 2.45) is 11.7 Å². The van der Waals surface area contributed by atoms with Crippen molar-refractivity contribution in [3.8, 4) is 0 Å². The third-order valence-electron chi connectivity index (χ3n) is 2.83. The lowest BCUT2D eigenvalue weighted by atomic mass is 10.0. The highest BCUT2D eigenvalue weighted by atomic mass is 32.2. The Morgan fingerprint density at radius 2 is 2.33 bits per heavy atom. The van der Waals surface area contributed by atoms with Crippen molar-refractivity contribution >= 4 is 17.7 Å². The highest BCUT2D eigenvalue weighted by Crippen LogP contribution is 2.25. The molecule has 1 fully saturated rings. The maximum Gasteiger partial charge on any atom is 0.221 e. The van der Waals surface area contributed by atoms with Crippen molar-refractivity contribution in [3.63, 3.8) is 0 Å². The highest BCUT2D eigenvalue weighted by molar-refractivity contribution is 8.00. The molecule has 0 aliphatic carbocycles. The normalized spacial score (nSPS) is 23.1. The lowest BCUT2D eigenvalue weighted by Gasteiger charge is -2.16. The van der Waals surface area contributed by atoms with Gasteiger partial charge in [0.1, 0.15) is 0 Å². The van der Waals surface area contributed by atoms with E-state index in [2.05, 4.69) is 5.32 Å². The van der Waals surface area contributed by atoms with Crippen LogP contribution in [0.3, 0.4) is 0 Å². The second kappa shape index (κ2) is 6.38. The van der Waals surface area contributed by atoms with Gasteiger partial charge in [-0.1, -0.05) is 13.8 Å². The average Bonchev–Trinajstić information content (AvgIpc) is 2.66. The van der Waals surface area contributed by atoms with Gasteiger partial charge in [-0.05, 0) is 24.5 Å². The van der Waals surface area contributed by atoms with E-state index in [0.29, 0.717) is 17.6 Å². The molecule has 0 radical (unpaired) electrons. The first kappa shape index (κ1) is 12.8. The van der Waals surface area contributed by atoms with Crippen LogP contribution in [0.25, 0.3) is 0 Å². The van der Waals surface area contributed by atoms with Crippen molar-refractivity contribution in [2.75, 3.05) is 12.3 Å². The number of rotatable bonds is 5. The molecule has 1 heterocycles. The Bertz CT molecular complexity index is 203. The summed E-state index contributed by atoms with van der Waals surface area (Å²) < 4.78 is 0. The van der Waals surface area contributed by atoms with E-state index < -0.39 is 0 Å². The van der Waals surface area contributed by atoms with Crippen LogP contribution in [0, 0.1) is 5.92 Å². The minimum absolute atomic E-state index is 0.0127. The Balaban J connectivity index is 2.12. The van der Waals surface area contributed by atoms with E-state index >= 15 is 0 Å². The molecule has 1 aliphatic heterocycles. The van der Waals surface area contributed by atoms with Crippen molar-refractivity contribution in [2.45, 2.75) is 44.4 Å². The lowest BCUT2D eigenvalue weighted by molar-refractivity contribution is -0.121. The molecule has 1 saturated heterocycles. The summed E-state index contributed by atoms with van der Waals surface area (Å²) in [6, 6.07) is -0.0127. The molecule has 2 atom stereocenters. The maximum absolute atomic E-state index is 11.5. The van der Waals surface area contributed by atoms with Crippen LogP contribution in [0.1, 0.15) is 33.1 Å². The van der Waals surface area contributed by atoms with Crippen LogP contribution in [0.15, 0.2) is 0 Å². The Morgan fingerprint density at radius 1 is 1.60 bits per heavy atom. The van der Waals surface area contributed by atoms with E-state index in [9.17, 15) is 4.79 Å². The summed E-state index contributed by atoms with van der Waals surface area (Å²) in [4.78, 5) is 11.5. The van der Waals surface area contributed by atoms with Gasteiger partial charge in [0, 0.05) is 24.3 Å². The van der Waals surface area contributed by atoms with Crippen LogP contribution in [-0.4, -0.2) is 29.5 Å². The van der Waals surface area contributed by atoms with E-state index in [4.69, 9.17) is 5.73 Å². The molecular formula is C11H22N2OS. The fourth-order valence-electron chi connectivity index (χ4n) is 1.55. The van der Waals surface area contributed by atoms with E-state index in [-0.39, 0.29) is 11.9 Å². The summed E-state index contributed by atoms with van der Waals surface area (Å²) in [6.45, 7) is 4.91. The monoisotopic (exact) mass is 230 g/mol. The Hall–Kier alpha value is -0.220. The van der Waals surface area contributed by atoms with Crippen LogP contribution >= 0.6 is 11.8 Å². The number of carbonyl (C=O) groups excluding carboxylic acids is 1. The first-order valence-corrected chi connectivity index (χ1v) is 6.78. The van der Waals surface area contributed by atoms with Crippen LogP contribution in [0.5, 0.6) is 0 Å². The molecule has 1 aliphatic rings. The third-order valence-corrected chi connectivity index (χ3v) is 4.23. The number of amides is 1. The van der Waals surface area contributed by atoms with E-state index in [1.807, 2.05) is 25.6 Å². The molecule has 0 aromatic heterocycles. The van der Waals surface area contributed by atoms with Gasteiger partial charge in [-0.3, -0.25) is 4.79 Å². The SMILES string of the molecule is CC(C)C(N)CC(=O)NCC1CCCS1. The summed E-state index contributed by atoms with van der Waals surface area (Å²) in [5.74, 6) is 1.71. The highest BCUT2D eigenvalue weighted by Gasteiger charge is 2.17. The van der Waals surface area contributed by atoms with Gasteiger partial charge < -0.3 is 11.1 Å². The van der Waals surface area contributed by atoms with Crippen LogP contribution in [0.2, 0.25) is 0 Å². The van der Waals surface area contributed by atoms with Crippen LogP contribution in [-0.2, 0) is 4.79 Å². The Labute approximate surface area is 96.6 Å². The number of hydrogen-bond acceptors (Lipinski definition) is 3. The molecule has 2 unspecified atom stereocenters. The largest absolute Gasteiger partial charge is 0.355 e. The number of nitrogens with two attached hydrogens (primary N) is 1. The number of hydrogen-bond donors (Lipinski definition) is 2. The topological polar surface area (TPSA) is 55.1 Å². The summed E-state index contributed by atoms with van der Waals surface area (Å²) in [7, 11) is 0. The zero-order valence-corrected chi connectivity index (χ0v) is 10.5. The van der Waals surface area contributed by atoms with Gasteiger partial charge in [0.2, 0.25) is 5.91 Å². The van der Waals surface area contributed by atoms with E-state index in [1.165, 1.54) is 18.6 Å². The zero-order valence-electron chi connectivity index (χ0n) is 9.66. The summed E-state index contributed by atoms with van der Waals surface area (Å²) in [5, 5.41) is 3.60. The first-order chi connectivity index (χ1) is 7.09. The zero-order chi connectivity index (χ0) is 11.3. The number of carbonyl (C=O) groups is 1. The molecule has 0 aromatic rings. The summed E-state index contributed by atoms with van der Waals surface area (Å²) in [6.07, 6.45) is 2.98. The van der Waals surface area contributed by atoms with Crippen LogP contribution < -0.4 is 11.1 Å². The second-order valence-electron chi connectivity index (χ2n) is 4.55. The molecule has 3 nitrogen and oxygen atoms in total. The molecule has 0 spiro atoms. The quantitative estimate of drug-likeness (QED) is 0.750. The summed E-state index contributed by atoms with van der Waals surface area (Å²) >= 11 is 1.96. The Morgan fingerprint density at radius 3 is 2.87 bits per heavy atom. The fraction of sp³-hybridized carbons (Fsp3) is 0.909. The summed E-state index contributed by atoms with van der Waals surface area (Å²) in [5.41, 5.74) is 5.84. The van der Waals surface area contributed by atoms with Gasteiger partial charge in [-0.25, -0.2) is 0 Å². The van der Waals surface area contributed by atoms with Gasteiger partial charge in [-0.15, -0.1) is 0 Å².